The molecule has 0 fully saturated rings. The highest BCUT2D eigenvalue weighted by atomic mass is 15.1. The zero-order valence-corrected chi connectivity index (χ0v) is 6.15. The maximum Gasteiger partial charge on any atom is 0.163 e. The Bertz CT molecular complexity index is 350. The summed E-state index contributed by atoms with van der Waals surface area (Å²) in [5.41, 5.74) is 6.63. The number of hydrogen-bond donors (Lipinski definition) is 2. The van der Waals surface area contributed by atoms with E-state index >= 15 is 0 Å². The summed E-state index contributed by atoms with van der Waals surface area (Å²) >= 11 is 0. The molecular weight excluding hydrogens is 154 g/mol. The van der Waals surface area contributed by atoms with Crippen molar-refractivity contribution in [2.45, 2.75) is 0 Å². The van der Waals surface area contributed by atoms with Crippen LogP contribution in [-0.4, -0.2) is 20.2 Å². The van der Waals surface area contributed by atoms with Crippen LogP contribution in [0.3, 0.4) is 0 Å². The van der Waals surface area contributed by atoms with E-state index in [9.17, 15) is 0 Å². The van der Waals surface area contributed by atoms with Gasteiger partial charge in [0.25, 0.3) is 0 Å². The Morgan fingerprint density at radius 1 is 1.42 bits per heavy atom. The molecule has 3 N–H and O–H groups in total. The highest BCUT2D eigenvalue weighted by Crippen LogP contribution is 2.10. The van der Waals surface area contributed by atoms with E-state index in [0.717, 1.165) is 5.56 Å². The van der Waals surface area contributed by atoms with Gasteiger partial charge in [-0.25, -0.2) is 9.97 Å². The predicted molar refractivity (Wildman–Crippen MR) is 42.9 cm³/mol. The van der Waals surface area contributed by atoms with Gasteiger partial charge in [-0.2, -0.15) is 5.10 Å². The molecule has 0 aliphatic carbocycles. The van der Waals surface area contributed by atoms with E-state index < -0.39 is 0 Å². The lowest BCUT2D eigenvalue weighted by molar-refractivity contribution is 1.09. The van der Waals surface area contributed by atoms with Gasteiger partial charge in [-0.15, -0.1) is 0 Å². The lowest BCUT2D eigenvalue weighted by Gasteiger charge is -1.93. The van der Waals surface area contributed by atoms with Crippen molar-refractivity contribution in [1.29, 1.82) is 0 Å². The molecule has 2 aromatic heterocycles. The SMILES string of the molecule is Nc1[c]nc(-c2cn[nH]c2)nc1. The molecule has 2 heterocycles. The summed E-state index contributed by atoms with van der Waals surface area (Å²) < 4.78 is 0. The maximum atomic E-state index is 5.38. The van der Waals surface area contributed by atoms with E-state index in [-0.39, 0.29) is 0 Å². The van der Waals surface area contributed by atoms with E-state index in [2.05, 4.69) is 26.4 Å². The fraction of sp³-hybridized carbons (Fsp3) is 0. The molecule has 0 saturated carbocycles. The van der Waals surface area contributed by atoms with Gasteiger partial charge in [-0.05, 0) is 0 Å². The van der Waals surface area contributed by atoms with Gasteiger partial charge in [-0.1, -0.05) is 0 Å². The zero-order chi connectivity index (χ0) is 8.39. The Morgan fingerprint density at radius 3 is 2.92 bits per heavy atom. The Kier molecular flexibility index (Phi) is 1.48. The molecule has 0 aromatic carbocycles. The summed E-state index contributed by atoms with van der Waals surface area (Å²) in [7, 11) is 0. The van der Waals surface area contributed by atoms with Crippen LogP contribution in [0.5, 0.6) is 0 Å². The summed E-state index contributed by atoms with van der Waals surface area (Å²) in [6.45, 7) is 0. The van der Waals surface area contributed by atoms with Crippen LogP contribution >= 0.6 is 0 Å². The minimum atomic E-state index is 0.433. The van der Waals surface area contributed by atoms with Gasteiger partial charge in [0.15, 0.2) is 5.82 Å². The average Bonchev–Trinajstić information content (AvgIpc) is 2.58. The lowest BCUT2D eigenvalue weighted by Crippen LogP contribution is -1.91. The van der Waals surface area contributed by atoms with Crippen LogP contribution in [0.25, 0.3) is 11.4 Å². The molecule has 2 rings (SSSR count). The lowest BCUT2D eigenvalue weighted by atomic mass is 10.3. The largest absolute Gasteiger partial charge is 0.396 e. The first-order chi connectivity index (χ1) is 5.86. The van der Waals surface area contributed by atoms with Crippen molar-refractivity contribution in [3.8, 4) is 11.4 Å². The molecule has 0 aliphatic heterocycles. The molecule has 0 saturated heterocycles. The second kappa shape index (κ2) is 2.61. The topological polar surface area (TPSA) is 80.5 Å². The van der Waals surface area contributed by atoms with Crippen LogP contribution in [0, 0.1) is 6.20 Å². The van der Waals surface area contributed by atoms with Gasteiger partial charge in [-0.3, -0.25) is 5.10 Å². The Labute approximate surface area is 68.7 Å². The maximum absolute atomic E-state index is 5.38. The third-order valence-corrected chi connectivity index (χ3v) is 1.37. The Hall–Kier alpha value is -1.91. The number of rotatable bonds is 1. The first-order valence-electron chi connectivity index (χ1n) is 3.35. The van der Waals surface area contributed by atoms with Gasteiger partial charge >= 0.3 is 0 Å². The molecule has 59 valence electrons. The van der Waals surface area contributed by atoms with Gasteiger partial charge in [0.1, 0.15) is 6.20 Å². The number of anilines is 1. The van der Waals surface area contributed by atoms with Gasteiger partial charge in [0.05, 0.1) is 23.6 Å². The van der Waals surface area contributed by atoms with Crippen LogP contribution in [0.4, 0.5) is 5.69 Å². The van der Waals surface area contributed by atoms with Crippen molar-refractivity contribution >= 4 is 5.69 Å². The molecule has 5 heteroatoms. The molecule has 5 nitrogen and oxygen atoms in total. The molecule has 12 heavy (non-hydrogen) atoms. The second-order valence-corrected chi connectivity index (χ2v) is 2.25. The van der Waals surface area contributed by atoms with Crippen molar-refractivity contribution in [1.82, 2.24) is 20.2 Å². The third kappa shape index (κ3) is 1.12. The molecule has 0 atom stereocenters. The summed E-state index contributed by atoms with van der Waals surface area (Å²) in [4.78, 5) is 7.89. The zero-order valence-electron chi connectivity index (χ0n) is 6.15. The molecule has 0 aliphatic rings. The molecule has 0 bridgehead atoms. The number of nitrogens with two attached hydrogens (primary N) is 1. The van der Waals surface area contributed by atoms with E-state index in [4.69, 9.17) is 5.73 Å². The molecule has 0 amide bonds. The number of aromatic nitrogens is 4. The number of aromatic amines is 1. The highest BCUT2D eigenvalue weighted by molar-refractivity contribution is 5.52. The van der Waals surface area contributed by atoms with Gasteiger partial charge < -0.3 is 5.73 Å². The van der Waals surface area contributed by atoms with Crippen molar-refractivity contribution < 1.29 is 0 Å². The fourth-order valence-corrected chi connectivity index (χ4v) is 0.818. The standard InChI is InChI=1S/C7H6N5/c8-6-3-9-7(10-4-6)5-1-11-12-2-5/h1-3H,8H2,(H,11,12). The van der Waals surface area contributed by atoms with E-state index in [1.54, 1.807) is 12.4 Å². The van der Waals surface area contributed by atoms with E-state index in [1.807, 2.05) is 0 Å². The van der Waals surface area contributed by atoms with Crippen molar-refractivity contribution in [3.63, 3.8) is 0 Å². The highest BCUT2D eigenvalue weighted by Gasteiger charge is 2.00. The minimum Gasteiger partial charge on any atom is -0.396 e. The molecule has 1 radical (unpaired) electrons. The van der Waals surface area contributed by atoms with Crippen LogP contribution in [0.1, 0.15) is 0 Å². The minimum absolute atomic E-state index is 0.433. The second-order valence-electron chi connectivity index (χ2n) is 2.25. The number of nitrogens with one attached hydrogen (secondary N) is 1. The number of H-pyrrole nitrogens is 1. The summed E-state index contributed by atoms with van der Waals surface area (Å²) in [5, 5.41) is 6.44. The summed E-state index contributed by atoms with van der Waals surface area (Å²) in [6, 6.07) is 0. The average molecular weight is 160 g/mol. The molecule has 0 spiro atoms. The van der Waals surface area contributed by atoms with Crippen LogP contribution < -0.4 is 5.73 Å². The van der Waals surface area contributed by atoms with Gasteiger partial charge in [0, 0.05) is 6.20 Å². The Balaban J connectivity index is 2.43. The number of nitrogens with zero attached hydrogens (tertiary/aromatic N) is 3. The monoisotopic (exact) mass is 160 g/mol. The van der Waals surface area contributed by atoms with Gasteiger partial charge in [0.2, 0.25) is 0 Å². The molecule has 0 unspecified atom stereocenters. The van der Waals surface area contributed by atoms with E-state index in [0.29, 0.717) is 11.5 Å². The first-order valence-corrected chi connectivity index (χ1v) is 3.35. The van der Waals surface area contributed by atoms with Crippen LogP contribution in [0.2, 0.25) is 0 Å². The molecule has 2 aromatic rings. The quantitative estimate of drug-likeness (QED) is 0.626. The fourth-order valence-electron chi connectivity index (χ4n) is 0.818. The first kappa shape index (κ1) is 6.78. The number of hydrogen-bond acceptors (Lipinski definition) is 4. The van der Waals surface area contributed by atoms with E-state index in [1.165, 1.54) is 6.20 Å². The summed E-state index contributed by atoms with van der Waals surface area (Å²) in [5.74, 6) is 0.568. The van der Waals surface area contributed by atoms with Crippen LogP contribution in [-0.2, 0) is 0 Å². The third-order valence-electron chi connectivity index (χ3n) is 1.37. The van der Waals surface area contributed by atoms with Crippen molar-refractivity contribution in [2.75, 3.05) is 5.73 Å². The predicted octanol–water partition coefficient (Wildman–Crippen LogP) is 0.249. The summed E-state index contributed by atoms with van der Waals surface area (Å²) in [6.07, 6.45) is 7.47. The number of nitrogen functional groups attached to an aromatic ring is 1. The van der Waals surface area contributed by atoms with Crippen molar-refractivity contribution in [3.05, 3.63) is 24.8 Å². The molecular formula is C7H6N5. The normalized spacial score (nSPS) is 10.0. The Morgan fingerprint density at radius 2 is 2.33 bits per heavy atom. The van der Waals surface area contributed by atoms with Crippen LogP contribution in [0.15, 0.2) is 18.6 Å². The van der Waals surface area contributed by atoms with Crippen molar-refractivity contribution in [2.24, 2.45) is 0 Å². The smallest absolute Gasteiger partial charge is 0.163 e.